The molecule has 0 radical (unpaired) electrons. The standard InChI is InChI=1S/C13H18N2O2/c1-13(2,8-14)9-15-11-7-10(16-3)5-6-12(11)17-4/h5-7,15H,9H2,1-4H3. The number of nitrogens with one attached hydrogen (secondary N) is 1. The van der Waals surface area contributed by atoms with E-state index >= 15 is 0 Å². The lowest BCUT2D eigenvalue weighted by molar-refractivity contribution is 0.404. The Labute approximate surface area is 102 Å². The number of hydrogen-bond acceptors (Lipinski definition) is 4. The van der Waals surface area contributed by atoms with Crippen molar-refractivity contribution in [2.24, 2.45) is 5.41 Å². The smallest absolute Gasteiger partial charge is 0.142 e. The molecule has 92 valence electrons. The molecule has 0 spiro atoms. The van der Waals surface area contributed by atoms with E-state index in [2.05, 4.69) is 11.4 Å². The van der Waals surface area contributed by atoms with Gasteiger partial charge in [-0.1, -0.05) is 0 Å². The molecule has 1 N–H and O–H groups in total. The van der Waals surface area contributed by atoms with Gasteiger partial charge < -0.3 is 14.8 Å². The van der Waals surface area contributed by atoms with Gasteiger partial charge in [-0.05, 0) is 26.0 Å². The molecule has 0 saturated heterocycles. The van der Waals surface area contributed by atoms with Crippen molar-refractivity contribution in [3.05, 3.63) is 18.2 Å². The molecular formula is C13H18N2O2. The maximum absolute atomic E-state index is 8.95. The highest BCUT2D eigenvalue weighted by Gasteiger charge is 2.17. The monoisotopic (exact) mass is 234 g/mol. The van der Waals surface area contributed by atoms with Crippen LogP contribution in [0.1, 0.15) is 13.8 Å². The summed E-state index contributed by atoms with van der Waals surface area (Å²) in [7, 11) is 3.23. The maximum atomic E-state index is 8.95. The molecule has 0 aliphatic heterocycles. The first kappa shape index (κ1) is 13.2. The highest BCUT2D eigenvalue weighted by atomic mass is 16.5. The summed E-state index contributed by atoms with van der Waals surface area (Å²) in [6.07, 6.45) is 0. The second-order valence-corrected chi connectivity index (χ2v) is 4.42. The molecule has 0 atom stereocenters. The van der Waals surface area contributed by atoms with Crippen LogP contribution in [0.3, 0.4) is 0 Å². The molecule has 0 fully saturated rings. The van der Waals surface area contributed by atoms with Crippen molar-refractivity contribution in [1.29, 1.82) is 5.26 Å². The molecule has 0 bridgehead atoms. The van der Waals surface area contributed by atoms with Gasteiger partial charge >= 0.3 is 0 Å². The van der Waals surface area contributed by atoms with Crippen LogP contribution in [0.4, 0.5) is 5.69 Å². The third kappa shape index (κ3) is 3.56. The van der Waals surface area contributed by atoms with E-state index in [4.69, 9.17) is 14.7 Å². The lowest BCUT2D eigenvalue weighted by Gasteiger charge is -2.18. The molecule has 1 aromatic rings. The molecule has 1 rings (SSSR count). The van der Waals surface area contributed by atoms with Crippen molar-refractivity contribution in [3.8, 4) is 17.6 Å². The Morgan fingerprint density at radius 3 is 2.53 bits per heavy atom. The third-order valence-corrected chi connectivity index (χ3v) is 2.43. The van der Waals surface area contributed by atoms with Gasteiger partial charge in [0.2, 0.25) is 0 Å². The van der Waals surface area contributed by atoms with Crippen LogP contribution in [0.5, 0.6) is 11.5 Å². The van der Waals surface area contributed by atoms with Crippen molar-refractivity contribution in [2.45, 2.75) is 13.8 Å². The first-order valence-corrected chi connectivity index (χ1v) is 5.39. The van der Waals surface area contributed by atoms with Crippen LogP contribution in [0.2, 0.25) is 0 Å². The summed E-state index contributed by atoms with van der Waals surface area (Å²) in [6.45, 7) is 4.31. The average molecular weight is 234 g/mol. The van der Waals surface area contributed by atoms with E-state index in [9.17, 15) is 0 Å². The molecule has 0 aromatic heterocycles. The number of methoxy groups -OCH3 is 2. The number of hydrogen-bond donors (Lipinski definition) is 1. The first-order chi connectivity index (χ1) is 8.02. The van der Waals surface area contributed by atoms with Crippen LogP contribution in [0.25, 0.3) is 0 Å². The minimum Gasteiger partial charge on any atom is -0.497 e. The van der Waals surface area contributed by atoms with Crippen LogP contribution < -0.4 is 14.8 Å². The van der Waals surface area contributed by atoms with Crippen LogP contribution in [0, 0.1) is 16.7 Å². The van der Waals surface area contributed by atoms with Crippen molar-refractivity contribution in [3.63, 3.8) is 0 Å². The SMILES string of the molecule is COc1ccc(OC)c(NCC(C)(C)C#N)c1. The van der Waals surface area contributed by atoms with Crippen LogP contribution in [-0.4, -0.2) is 20.8 Å². The third-order valence-electron chi connectivity index (χ3n) is 2.43. The van der Waals surface area contributed by atoms with Gasteiger partial charge in [-0.2, -0.15) is 5.26 Å². The van der Waals surface area contributed by atoms with Crippen molar-refractivity contribution < 1.29 is 9.47 Å². The van der Waals surface area contributed by atoms with E-state index in [-0.39, 0.29) is 0 Å². The second kappa shape index (κ2) is 5.44. The lowest BCUT2D eigenvalue weighted by atomic mass is 9.96. The largest absolute Gasteiger partial charge is 0.497 e. The number of nitriles is 1. The highest BCUT2D eigenvalue weighted by molar-refractivity contribution is 5.59. The molecule has 0 unspecified atom stereocenters. The predicted molar refractivity (Wildman–Crippen MR) is 67.4 cm³/mol. The zero-order chi connectivity index (χ0) is 12.9. The topological polar surface area (TPSA) is 54.3 Å². The minimum absolute atomic E-state index is 0.423. The van der Waals surface area contributed by atoms with Crippen molar-refractivity contribution in [2.75, 3.05) is 26.1 Å². The zero-order valence-electron chi connectivity index (χ0n) is 10.7. The number of anilines is 1. The Kier molecular flexibility index (Phi) is 4.22. The van der Waals surface area contributed by atoms with Gasteiger partial charge in [0.15, 0.2) is 0 Å². The van der Waals surface area contributed by atoms with Crippen molar-refractivity contribution >= 4 is 5.69 Å². The molecular weight excluding hydrogens is 216 g/mol. The molecule has 0 aliphatic carbocycles. The summed E-state index contributed by atoms with van der Waals surface area (Å²) < 4.78 is 10.4. The van der Waals surface area contributed by atoms with Gasteiger partial charge in [-0.3, -0.25) is 0 Å². The highest BCUT2D eigenvalue weighted by Crippen LogP contribution is 2.29. The normalized spacial score (nSPS) is 10.5. The fourth-order valence-electron chi connectivity index (χ4n) is 1.31. The van der Waals surface area contributed by atoms with E-state index in [0.29, 0.717) is 6.54 Å². The van der Waals surface area contributed by atoms with Gasteiger partial charge in [-0.15, -0.1) is 0 Å². The molecule has 4 heteroatoms. The van der Waals surface area contributed by atoms with E-state index in [1.54, 1.807) is 14.2 Å². The van der Waals surface area contributed by atoms with Gasteiger partial charge in [0.05, 0.1) is 31.4 Å². The minimum atomic E-state index is -0.423. The summed E-state index contributed by atoms with van der Waals surface area (Å²) in [5.74, 6) is 1.49. The van der Waals surface area contributed by atoms with E-state index in [1.807, 2.05) is 32.0 Å². The quantitative estimate of drug-likeness (QED) is 0.851. The average Bonchev–Trinajstić information content (AvgIpc) is 2.36. The van der Waals surface area contributed by atoms with E-state index < -0.39 is 5.41 Å². The fourth-order valence-corrected chi connectivity index (χ4v) is 1.31. The summed E-state index contributed by atoms with van der Waals surface area (Å²) in [4.78, 5) is 0. The Hall–Kier alpha value is -1.89. The second-order valence-electron chi connectivity index (χ2n) is 4.42. The maximum Gasteiger partial charge on any atom is 0.142 e. The van der Waals surface area contributed by atoms with Gasteiger partial charge in [0, 0.05) is 12.6 Å². The molecule has 0 amide bonds. The summed E-state index contributed by atoms with van der Waals surface area (Å²) in [5.41, 5.74) is 0.406. The van der Waals surface area contributed by atoms with Crippen LogP contribution in [-0.2, 0) is 0 Å². The summed E-state index contributed by atoms with van der Waals surface area (Å²) in [6, 6.07) is 7.76. The van der Waals surface area contributed by atoms with Crippen LogP contribution in [0.15, 0.2) is 18.2 Å². The van der Waals surface area contributed by atoms with Crippen molar-refractivity contribution in [1.82, 2.24) is 0 Å². The molecule has 4 nitrogen and oxygen atoms in total. The molecule has 0 heterocycles. The number of benzene rings is 1. The van der Waals surface area contributed by atoms with Gasteiger partial charge in [-0.25, -0.2) is 0 Å². The Morgan fingerprint density at radius 2 is 2.00 bits per heavy atom. The lowest BCUT2D eigenvalue weighted by Crippen LogP contribution is -2.21. The Bertz CT molecular complexity index is 422. The Morgan fingerprint density at radius 1 is 1.29 bits per heavy atom. The first-order valence-electron chi connectivity index (χ1n) is 5.39. The summed E-state index contributed by atoms with van der Waals surface area (Å²) in [5, 5.41) is 12.2. The molecule has 0 aliphatic rings. The van der Waals surface area contributed by atoms with Crippen LogP contribution >= 0.6 is 0 Å². The number of nitrogens with zero attached hydrogens (tertiary/aromatic N) is 1. The summed E-state index contributed by atoms with van der Waals surface area (Å²) >= 11 is 0. The number of rotatable bonds is 5. The fraction of sp³-hybridized carbons (Fsp3) is 0.462. The number of ether oxygens (including phenoxy) is 2. The predicted octanol–water partition coefficient (Wildman–Crippen LogP) is 2.67. The Balaban J connectivity index is 2.85. The van der Waals surface area contributed by atoms with E-state index in [0.717, 1.165) is 17.2 Å². The van der Waals surface area contributed by atoms with Gasteiger partial charge in [0.25, 0.3) is 0 Å². The zero-order valence-corrected chi connectivity index (χ0v) is 10.7. The molecule has 1 aromatic carbocycles. The molecule has 17 heavy (non-hydrogen) atoms. The van der Waals surface area contributed by atoms with Gasteiger partial charge in [0.1, 0.15) is 11.5 Å². The van der Waals surface area contributed by atoms with E-state index in [1.165, 1.54) is 0 Å². The molecule has 0 saturated carbocycles.